The van der Waals surface area contributed by atoms with Crippen LogP contribution in [0.25, 0.3) is 0 Å². The third-order valence-electron chi connectivity index (χ3n) is 2.20. The fourth-order valence-corrected chi connectivity index (χ4v) is 1.44. The smallest absolute Gasteiger partial charge is 0.224 e. The minimum Gasteiger partial charge on any atom is -0.494 e. The number of hydrogen-bond acceptors (Lipinski definition) is 2. The number of amides is 1. The summed E-state index contributed by atoms with van der Waals surface area (Å²) in [6.45, 7) is 6.85. The Hall–Kier alpha value is -1.51. The van der Waals surface area contributed by atoms with E-state index in [0.717, 1.165) is 24.5 Å². The Morgan fingerprint density at radius 1 is 1.29 bits per heavy atom. The molecule has 1 aromatic rings. The molecule has 0 spiro atoms. The lowest BCUT2D eigenvalue weighted by Gasteiger charge is -2.08. The predicted octanol–water partition coefficient (Wildman–Crippen LogP) is 3.46. The first-order valence-corrected chi connectivity index (χ1v) is 6.14. The molecule has 0 saturated heterocycles. The van der Waals surface area contributed by atoms with Gasteiger partial charge in [-0.1, -0.05) is 20.8 Å². The fourth-order valence-electron chi connectivity index (χ4n) is 1.44. The van der Waals surface area contributed by atoms with Crippen LogP contribution in [0.2, 0.25) is 0 Å². The van der Waals surface area contributed by atoms with Gasteiger partial charge in [0, 0.05) is 12.1 Å². The van der Waals surface area contributed by atoms with Crippen LogP contribution in [0.15, 0.2) is 24.3 Å². The molecule has 1 N–H and O–H groups in total. The van der Waals surface area contributed by atoms with Gasteiger partial charge in [0.25, 0.3) is 0 Å². The lowest BCUT2D eigenvalue weighted by Crippen LogP contribution is -2.13. The number of rotatable bonds is 6. The number of ether oxygens (including phenoxy) is 1. The largest absolute Gasteiger partial charge is 0.494 e. The van der Waals surface area contributed by atoms with Gasteiger partial charge in [0.1, 0.15) is 5.75 Å². The molecule has 0 unspecified atom stereocenters. The summed E-state index contributed by atoms with van der Waals surface area (Å²) in [5.74, 6) is 1.28. The minimum absolute atomic E-state index is 0.0576. The Balaban J connectivity index is 2.47. The molecule has 0 bridgehead atoms. The van der Waals surface area contributed by atoms with Crippen molar-refractivity contribution < 1.29 is 9.53 Å². The SMILES string of the molecule is CCCOc1ccc(NC(=O)CC(C)C)cc1. The highest BCUT2D eigenvalue weighted by atomic mass is 16.5. The number of nitrogens with one attached hydrogen (secondary N) is 1. The van der Waals surface area contributed by atoms with E-state index in [4.69, 9.17) is 4.74 Å². The number of hydrogen-bond donors (Lipinski definition) is 1. The molecule has 3 nitrogen and oxygen atoms in total. The summed E-state index contributed by atoms with van der Waals surface area (Å²) in [4.78, 5) is 11.5. The molecular weight excluding hydrogens is 214 g/mol. The molecule has 0 atom stereocenters. The molecule has 0 aliphatic rings. The van der Waals surface area contributed by atoms with E-state index in [2.05, 4.69) is 12.2 Å². The van der Waals surface area contributed by atoms with E-state index in [9.17, 15) is 4.79 Å². The molecule has 1 aromatic carbocycles. The van der Waals surface area contributed by atoms with Crippen LogP contribution in [0.3, 0.4) is 0 Å². The van der Waals surface area contributed by atoms with E-state index in [1.807, 2.05) is 38.1 Å². The molecule has 3 heteroatoms. The average molecular weight is 235 g/mol. The zero-order chi connectivity index (χ0) is 12.7. The third-order valence-corrected chi connectivity index (χ3v) is 2.20. The molecule has 0 heterocycles. The van der Waals surface area contributed by atoms with Crippen molar-refractivity contribution in [3.63, 3.8) is 0 Å². The molecule has 0 fully saturated rings. The van der Waals surface area contributed by atoms with Crippen LogP contribution >= 0.6 is 0 Å². The summed E-state index contributed by atoms with van der Waals surface area (Å²) in [5.41, 5.74) is 0.819. The molecule has 0 aliphatic carbocycles. The van der Waals surface area contributed by atoms with Gasteiger partial charge in [0.15, 0.2) is 0 Å². The van der Waals surface area contributed by atoms with Crippen LogP contribution in [-0.4, -0.2) is 12.5 Å². The van der Waals surface area contributed by atoms with Crippen LogP contribution in [0, 0.1) is 5.92 Å². The summed E-state index contributed by atoms with van der Waals surface area (Å²) < 4.78 is 5.47. The van der Waals surface area contributed by atoms with Crippen molar-refractivity contribution in [2.75, 3.05) is 11.9 Å². The highest BCUT2D eigenvalue weighted by Crippen LogP contribution is 2.16. The molecule has 0 saturated carbocycles. The monoisotopic (exact) mass is 235 g/mol. The first-order chi connectivity index (χ1) is 8.11. The normalized spacial score (nSPS) is 10.4. The van der Waals surface area contributed by atoms with Gasteiger partial charge < -0.3 is 10.1 Å². The van der Waals surface area contributed by atoms with Gasteiger partial charge in [-0.05, 0) is 36.6 Å². The molecular formula is C14H21NO2. The van der Waals surface area contributed by atoms with Crippen LogP contribution in [0.4, 0.5) is 5.69 Å². The molecule has 1 rings (SSSR count). The number of anilines is 1. The topological polar surface area (TPSA) is 38.3 Å². The maximum Gasteiger partial charge on any atom is 0.224 e. The van der Waals surface area contributed by atoms with Gasteiger partial charge >= 0.3 is 0 Å². The first-order valence-electron chi connectivity index (χ1n) is 6.14. The van der Waals surface area contributed by atoms with E-state index >= 15 is 0 Å². The minimum atomic E-state index is 0.0576. The van der Waals surface area contributed by atoms with Crippen molar-refractivity contribution in [3.05, 3.63) is 24.3 Å². The van der Waals surface area contributed by atoms with Crippen molar-refractivity contribution in [1.82, 2.24) is 0 Å². The van der Waals surface area contributed by atoms with E-state index in [-0.39, 0.29) is 5.91 Å². The standard InChI is InChI=1S/C14H21NO2/c1-4-9-17-13-7-5-12(6-8-13)15-14(16)10-11(2)3/h5-8,11H,4,9-10H2,1-3H3,(H,15,16). The van der Waals surface area contributed by atoms with Gasteiger partial charge in [-0.15, -0.1) is 0 Å². The second-order valence-electron chi connectivity index (χ2n) is 4.52. The molecule has 1 amide bonds. The van der Waals surface area contributed by atoms with Crippen LogP contribution in [0.5, 0.6) is 5.75 Å². The lowest BCUT2D eigenvalue weighted by molar-refractivity contribution is -0.116. The Bertz CT molecular complexity index is 344. The van der Waals surface area contributed by atoms with Crippen molar-refractivity contribution >= 4 is 11.6 Å². The quantitative estimate of drug-likeness (QED) is 0.820. The van der Waals surface area contributed by atoms with Crippen molar-refractivity contribution in [2.45, 2.75) is 33.6 Å². The Kier molecular flexibility index (Phi) is 5.53. The van der Waals surface area contributed by atoms with Crippen LogP contribution < -0.4 is 10.1 Å². The first kappa shape index (κ1) is 13.6. The summed E-state index contributed by atoms with van der Waals surface area (Å²) >= 11 is 0. The molecule has 0 aliphatic heterocycles. The van der Waals surface area contributed by atoms with E-state index in [1.54, 1.807) is 0 Å². The number of carbonyl (C=O) groups excluding carboxylic acids is 1. The fraction of sp³-hybridized carbons (Fsp3) is 0.500. The van der Waals surface area contributed by atoms with Crippen molar-refractivity contribution in [1.29, 1.82) is 0 Å². The summed E-state index contributed by atoms with van der Waals surface area (Å²) in [7, 11) is 0. The summed E-state index contributed by atoms with van der Waals surface area (Å²) in [6.07, 6.45) is 1.54. The molecule has 0 aromatic heterocycles. The van der Waals surface area contributed by atoms with Crippen LogP contribution in [-0.2, 0) is 4.79 Å². The second kappa shape index (κ2) is 6.94. The van der Waals surface area contributed by atoms with Crippen LogP contribution in [0.1, 0.15) is 33.6 Å². The van der Waals surface area contributed by atoms with Gasteiger partial charge in [-0.2, -0.15) is 0 Å². The third kappa shape index (κ3) is 5.38. The average Bonchev–Trinajstić information content (AvgIpc) is 2.27. The second-order valence-corrected chi connectivity index (χ2v) is 4.52. The maximum atomic E-state index is 11.5. The Labute approximate surface area is 103 Å². The zero-order valence-corrected chi connectivity index (χ0v) is 10.8. The highest BCUT2D eigenvalue weighted by molar-refractivity contribution is 5.90. The maximum absolute atomic E-state index is 11.5. The van der Waals surface area contributed by atoms with Gasteiger partial charge in [-0.3, -0.25) is 4.79 Å². The van der Waals surface area contributed by atoms with E-state index in [0.29, 0.717) is 12.3 Å². The summed E-state index contributed by atoms with van der Waals surface area (Å²) in [6, 6.07) is 7.48. The van der Waals surface area contributed by atoms with E-state index in [1.165, 1.54) is 0 Å². The van der Waals surface area contributed by atoms with E-state index < -0.39 is 0 Å². The molecule has 17 heavy (non-hydrogen) atoms. The Morgan fingerprint density at radius 2 is 1.94 bits per heavy atom. The van der Waals surface area contributed by atoms with Crippen molar-refractivity contribution in [2.24, 2.45) is 5.92 Å². The molecule has 0 radical (unpaired) electrons. The predicted molar refractivity (Wildman–Crippen MR) is 70.3 cm³/mol. The number of benzene rings is 1. The van der Waals surface area contributed by atoms with Gasteiger partial charge in [0.2, 0.25) is 5.91 Å². The van der Waals surface area contributed by atoms with Gasteiger partial charge in [0.05, 0.1) is 6.61 Å². The number of carbonyl (C=O) groups is 1. The zero-order valence-electron chi connectivity index (χ0n) is 10.8. The molecule has 94 valence electrons. The van der Waals surface area contributed by atoms with Crippen molar-refractivity contribution in [3.8, 4) is 5.75 Å². The van der Waals surface area contributed by atoms with Gasteiger partial charge in [-0.25, -0.2) is 0 Å². The highest BCUT2D eigenvalue weighted by Gasteiger charge is 2.05. The Morgan fingerprint density at radius 3 is 2.47 bits per heavy atom. The summed E-state index contributed by atoms with van der Waals surface area (Å²) in [5, 5.41) is 2.86. The lowest BCUT2D eigenvalue weighted by atomic mass is 10.1.